The summed E-state index contributed by atoms with van der Waals surface area (Å²) in [4.78, 5) is 0. The van der Waals surface area contributed by atoms with Crippen molar-refractivity contribution in [1.29, 1.82) is 0 Å². The molecule has 2 N–H and O–H groups in total. The number of rotatable bonds is 22. The molecule has 2 heteroatoms. The standard InChI is InChI=1S/C30H50O2/c1-4-29(31)26-22-18-14-9-7-6-8-12-16-20-24-28(3)25-21-17-13-10-11-15-19-23-27-30(32)5-2/h1-2,22-23,26-32H,6-21,24-25H2,3H3/b26-22+,27-23+/t28?,29-,30-/m0/s1. The van der Waals surface area contributed by atoms with Gasteiger partial charge in [0.15, 0.2) is 0 Å². The second kappa shape index (κ2) is 24.2. The summed E-state index contributed by atoms with van der Waals surface area (Å²) in [6, 6.07) is 0. The van der Waals surface area contributed by atoms with E-state index in [1.165, 1.54) is 103 Å². The van der Waals surface area contributed by atoms with E-state index in [2.05, 4.69) is 18.8 Å². The Labute approximate surface area is 200 Å². The maximum absolute atomic E-state index is 9.23. The number of hydrogen-bond donors (Lipinski definition) is 2. The summed E-state index contributed by atoms with van der Waals surface area (Å²) >= 11 is 0. The minimum atomic E-state index is -0.719. The average molecular weight is 443 g/mol. The van der Waals surface area contributed by atoms with Crippen LogP contribution in [0.5, 0.6) is 0 Å². The molecular weight excluding hydrogens is 392 g/mol. The Balaban J connectivity index is 3.28. The topological polar surface area (TPSA) is 40.5 Å². The van der Waals surface area contributed by atoms with E-state index in [0.29, 0.717) is 0 Å². The first kappa shape index (κ1) is 30.5. The van der Waals surface area contributed by atoms with E-state index < -0.39 is 12.2 Å². The van der Waals surface area contributed by atoms with Crippen molar-refractivity contribution in [2.45, 2.75) is 135 Å². The number of aliphatic hydroxyl groups is 2. The van der Waals surface area contributed by atoms with Gasteiger partial charge >= 0.3 is 0 Å². The van der Waals surface area contributed by atoms with Crippen LogP contribution in [0, 0.1) is 30.6 Å². The van der Waals surface area contributed by atoms with Crippen molar-refractivity contribution in [2.24, 2.45) is 5.92 Å². The van der Waals surface area contributed by atoms with Gasteiger partial charge in [-0.2, -0.15) is 0 Å². The summed E-state index contributed by atoms with van der Waals surface area (Å²) in [6.07, 6.45) is 39.7. The Morgan fingerprint density at radius 3 is 1.22 bits per heavy atom. The van der Waals surface area contributed by atoms with Gasteiger partial charge in [-0.05, 0) is 43.8 Å². The van der Waals surface area contributed by atoms with E-state index >= 15 is 0 Å². The molecule has 0 rings (SSSR count). The Kier molecular flexibility index (Phi) is 23.1. The van der Waals surface area contributed by atoms with Crippen molar-refractivity contribution >= 4 is 0 Å². The third-order valence-electron chi connectivity index (χ3n) is 6.11. The predicted octanol–water partition coefficient (Wildman–Crippen LogP) is 7.74. The summed E-state index contributed by atoms with van der Waals surface area (Å²) in [5.41, 5.74) is 0. The predicted molar refractivity (Wildman–Crippen MR) is 140 cm³/mol. The van der Waals surface area contributed by atoms with Gasteiger partial charge in [0.25, 0.3) is 0 Å². The van der Waals surface area contributed by atoms with Gasteiger partial charge in [0.05, 0.1) is 0 Å². The van der Waals surface area contributed by atoms with Crippen molar-refractivity contribution in [3.63, 3.8) is 0 Å². The Bertz CT molecular complexity index is 534. The van der Waals surface area contributed by atoms with Crippen LogP contribution in [0.15, 0.2) is 24.3 Å². The summed E-state index contributed by atoms with van der Waals surface area (Å²) in [5.74, 6) is 5.46. The molecule has 0 saturated carbocycles. The van der Waals surface area contributed by atoms with Gasteiger partial charge in [0.1, 0.15) is 12.2 Å². The van der Waals surface area contributed by atoms with Crippen molar-refractivity contribution in [3.8, 4) is 24.7 Å². The molecule has 0 aliphatic carbocycles. The molecule has 3 atom stereocenters. The molecule has 0 aliphatic heterocycles. The van der Waals surface area contributed by atoms with Gasteiger partial charge in [-0.3, -0.25) is 0 Å². The summed E-state index contributed by atoms with van der Waals surface area (Å²) in [7, 11) is 0. The largest absolute Gasteiger partial charge is 0.377 e. The SMILES string of the molecule is C#C[C@H](O)/C=C/CCCCCCCCCCC(C)CCCCCCCC/C=C/[C@@H](O)C#C. The fourth-order valence-corrected chi connectivity index (χ4v) is 3.98. The lowest BCUT2D eigenvalue weighted by Gasteiger charge is -2.11. The molecule has 0 bridgehead atoms. The van der Waals surface area contributed by atoms with Crippen LogP contribution in [0.1, 0.15) is 122 Å². The van der Waals surface area contributed by atoms with Crippen LogP contribution in [-0.4, -0.2) is 22.4 Å². The highest BCUT2D eigenvalue weighted by molar-refractivity contribution is 5.06. The number of unbranched alkanes of at least 4 members (excludes halogenated alkanes) is 14. The second-order valence-electron chi connectivity index (χ2n) is 9.29. The highest BCUT2D eigenvalue weighted by Gasteiger charge is 2.02. The molecule has 0 amide bonds. The molecule has 1 unspecified atom stereocenters. The highest BCUT2D eigenvalue weighted by Crippen LogP contribution is 2.19. The van der Waals surface area contributed by atoms with Crippen LogP contribution < -0.4 is 0 Å². The van der Waals surface area contributed by atoms with Gasteiger partial charge in [-0.25, -0.2) is 0 Å². The van der Waals surface area contributed by atoms with Crippen LogP contribution >= 0.6 is 0 Å². The third-order valence-corrected chi connectivity index (χ3v) is 6.11. The zero-order valence-electron chi connectivity index (χ0n) is 20.8. The second-order valence-corrected chi connectivity index (χ2v) is 9.29. The number of hydrogen-bond acceptors (Lipinski definition) is 2. The van der Waals surface area contributed by atoms with Crippen LogP contribution in [-0.2, 0) is 0 Å². The molecule has 2 nitrogen and oxygen atoms in total. The van der Waals surface area contributed by atoms with Gasteiger partial charge in [-0.1, -0.05) is 121 Å². The first-order valence-electron chi connectivity index (χ1n) is 13.2. The van der Waals surface area contributed by atoms with Gasteiger partial charge in [0, 0.05) is 0 Å². The van der Waals surface area contributed by atoms with E-state index in [0.717, 1.165) is 18.8 Å². The zero-order chi connectivity index (χ0) is 23.7. The average Bonchev–Trinajstić information content (AvgIpc) is 2.80. The fourth-order valence-electron chi connectivity index (χ4n) is 3.98. The first-order valence-corrected chi connectivity index (χ1v) is 13.2. The van der Waals surface area contributed by atoms with Gasteiger partial charge in [0.2, 0.25) is 0 Å². The lowest BCUT2D eigenvalue weighted by atomic mass is 9.95. The normalized spacial score (nSPS) is 14.4. The molecule has 0 aromatic heterocycles. The van der Waals surface area contributed by atoms with Crippen LogP contribution in [0.4, 0.5) is 0 Å². The van der Waals surface area contributed by atoms with Crippen molar-refractivity contribution in [2.75, 3.05) is 0 Å². The molecule has 0 aromatic carbocycles. The van der Waals surface area contributed by atoms with E-state index in [4.69, 9.17) is 12.8 Å². The fraction of sp³-hybridized carbons (Fsp3) is 0.733. The number of terminal acetylenes is 2. The van der Waals surface area contributed by atoms with Crippen molar-refractivity contribution in [3.05, 3.63) is 24.3 Å². The summed E-state index contributed by atoms with van der Waals surface area (Å²) in [6.45, 7) is 2.42. The molecule has 182 valence electrons. The Hall–Kier alpha value is -1.48. The first-order chi connectivity index (χ1) is 15.6. The molecule has 32 heavy (non-hydrogen) atoms. The van der Waals surface area contributed by atoms with Gasteiger partial charge < -0.3 is 10.2 Å². The summed E-state index contributed by atoms with van der Waals surface area (Å²) < 4.78 is 0. The molecule has 0 fully saturated rings. The van der Waals surface area contributed by atoms with Crippen LogP contribution in [0.3, 0.4) is 0 Å². The molecule has 0 radical (unpaired) electrons. The zero-order valence-corrected chi connectivity index (χ0v) is 20.8. The number of aliphatic hydroxyl groups excluding tert-OH is 2. The Morgan fingerprint density at radius 2 is 0.875 bits per heavy atom. The minimum absolute atomic E-state index is 0.719. The number of allylic oxidation sites excluding steroid dienone is 2. The minimum Gasteiger partial charge on any atom is -0.377 e. The molecular formula is C30H50O2. The van der Waals surface area contributed by atoms with Gasteiger partial charge in [-0.15, -0.1) is 12.8 Å². The maximum atomic E-state index is 9.23. The summed E-state index contributed by atoms with van der Waals surface area (Å²) in [5, 5.41) is 18.5. The van der Waals surface area contributed by atoms with E-state index in [1.54, 1.807) is 12.2 Å². The van der Waals surface area contributed by atoms with Crippen LogP contribution in [0.25, 0.3) is 0 Å². The quantitative estimate of drug-likeness (QED) is 0.102. The van der Waals surface area contributed by atoms with Crippen molar-refractivity contribution in [1.82, 2.24) is 0 Å². The Morgan fingerprint density at radius 1 is 0.562 bits per heavy atom. The lowest BCUT2D eigenvalue weighted by Crippen LogP contribution is -1.95. The van der Waals surface area contributed by atoms with E-state index in [1.807, 2.05) is 12.2 Å². The molecule has 0 heterocycles. The van der Waals surface area contributed by atoms with Crippen LogP contribution in [0.2, 0.25) is 0 Å². The molecule has 0 spiro atoms. The van der Waals surface area contributed by atoms with E-state index in [-0.39, 0.29) is 0 Å². The lowest BCUT2D eigenvalue weighted by molar-refractivity contribution is 0.280. The monoisotopic (exact) mass is 442 g/mol. The maximum Gasteiger partial charge on any atom is 0.133 e. The third kappa shape index (κ3) is 23.2. The van der Waals surface area contributed by atoms with E-state index in [9.17, 15) is 10.2 Å². The smallest absolute Gasteiger partial charge is 0.133 e. The molecule has 0 aliphatic rings. The molecule has 0 saturated heterocycles. The van der Waals surface area contributed by atoms with Crippen molar-refractivity contribution < 1.29 is 10.2 Å². The molecule has 0 aromatic rings. The highest BCUT2D eigenvalue weighted by atomic mass is 16.3.